The highest BCUT2D eigenvalue weighted by Gasteiger charge is 2.45. The van der Waals surface area contributed by atoms with Gasteiger partial charge in [0.2, 0.25) is 5.91 Å². The van der Waals surface area contributed by atoms with Crippen molar-refractivity contribution in [2.45, 2.75) is 57.3 Å². The smallest absolute Gasteiger partial charge is 0.219 e. The summed E-state index contributed by atoms with van der Waals surface area (Å²) < 4.78 is 0. The second kappa shape index (κ2) is 7.63. The average molecular weight is 348 g/mol. The highest BCUT2D eigenvalue weighted by Crippen LogP contribution is 2.42. The lowest BCUT2D eigenvalue weighted by Crippen LogP contribution is -2.45. The van der Waals surface area contributed by atoms with Crippen molar-refractivity contribution in [3.8, 4) is 0 Å². The van der Waals surface area contributed by atoms with Crippen LogP contribution in [-0.4, -0.2) is 34.3 Å². The molecule has 0 saturated carbocycles. The van der Waals surface area contributed by atoms with Gasteiger partial charge in [-0.05, 0) is 30.4 Å². The van der Waals surface area contributed by atoms with E-state index in [2.05, 4.69) is 70.5 Å². The zero-order valence-corrected chi connectivity index (χ0v) is 15.6. The zero-order chi connectivity index (χ0) is 17.9. The van der Waals surface area contributed by atoms with Crippen LogP contribution in [0.2, 0.25) is 0 Å². The molecule has 0 radical (unpaired) electrons. The van der Waals surface area contributed by atoms with Crippen molar-refractivity contribution in [2.75, 3.05) is 6.54 Å². The highest BCUT2D eigenvalue weighted by molar-refractivity contribution is 5.73. The van der Waals surface area contributed by atoms with Gasteiger partial charge in [-0.3, -0.25) is 9.69 Å². The fraction of sp³-hybridized carbons (Fsp3) is 0.435. The SMILES string of the molecule is CC(=O)N1CCCC[C@H]2[C@H]1C[C@@H](c1ccccc1)N2Cc1ccccc1. The van der Waals surface area contributed by atoms with Gasteiger partial charge in [0.15, 0.2) is 0 Å². The first kappa shape index (κ1) is 17.3. The molecule has 0 spiro atoms. The summed E-state index contributed by atoms with van der Waals surface area (Å²) in [7, 11) is 0. The fourth-order valence-electron chi connectivity index (χ4n) is 4.88. The molecule has 0 N–H and O–H groups in total. The van der Waals surface area contributed by atoms with E-state index in [1.54, 1.807) is 6.92 Å². The van der Waals surface area contributed by atoms with Crippen LogP contribution in [0.15, 0.2) is 60.7 Å². The predicted molar refractivity (Wildman–Crippen MR) is 105 cm³/mol. The molecule has 2 saturated heterocycles. The molecule has 0 aliphatic carbocycles. The molecule has 2 aliphatic rings. The lowest BCUT2D eigenvalue weighted by atomic mass is 10.0. The van der Waals surface area contributed by atoms with Crippen LogP contribution in [0.25, 0.3) is 0 Å². The molecule has 3 nitrogen and oxygen atoms in total. The van der Waals surface area contributed by atoms with Crippen LogP contribution in [0, 0.1) is 0 Å². The molecule has 3 heteroatoms. The predicted octanol–water partition coefficient (Wildman–Crippen LogP) is 4.40. The largest absolute Gasteiger partial charge is 0.338 e. The van der Waals surface area contributed by atoms with Crippen molar-refractivity contribution in [1.29, 1.82) is 0 Å². The lowest BCUT2D eigenvalue weighted by Gasteiger charge is -2.33. The number of fused-ring (bicyclic) bond motifs is 1. The molecule has 26 heavy (non-hydrogen) atoms. The first-order valence-electron chi connectivity index (χ1n) is 9.86. The Bertz CT molecular complexity index is 730. The second-order valence-corrected chi connectivity index (χ2v) is 7.66. The molecule has 2 aromatic carbocycles. The molecule has 2 heterocycles. The highest BCUT2D eigenvalue weighted by atomic mass is 16.2. The minimum Gasteiger partial charge on any atom is -0.338 e. The molecule has 0 aromatic heterocycles. The molecular formula is C23H28N2O. The Morgan fingerprint density at radius 3 is 2.35 bits per heavy atom. The van der Waals surface area contributed by atoms with Crippen LogP contribution < -0.4 is 0 Å². The van der Waals surface area contributed by atoms with Crippen molar-refractivity contribution in [2.24, 2.45) is 0 Å². The zero-order valence-electron chi connectivity index (χ0n) is 15.6. The monoisotopic (exact) mass is 348 g/mol. The first-order chi connectivity index (χ1) is 12.7. The second-order valence-electron chi connectivity index (χ2n) is 7.66. The molecular weight excluding hydrogens is 320 g/mol. The summed E-state index contributed by atoms with van der Waals surface area (Å²) in [4.78, 5) is 17.1. The van der Waals surface area contributed by atoms with Gasteiger partial charge in [-0.1, -0.05) is 67.1 Å². The van der Waals surface area contributed by atoms with Gasteiger partial charge in [0.1, 0.15) is 0 Å². The normalized spacial score (nSPS) is 26.3. The van der Waals surface area contributed by atoms with Crippen molar-refractivity contribution in [3.05, 3.63) is 71.8 Å². The van der Waals surface area contributed by atoms with Crippen LogP contribution in [0.1, 0.15) is 49.8 Å². The number of hydrogen-bond donors (Lipinski definition) is 0. The van der Waals surface area contributed by atoms with Gasteiger partial charge in [0, 0.05) is 38.1 Å². The molecule has 136 valence electrons. The van der Waals surface area contributed by atoms with E-state index >= 15 is 0 Å². The van der Waals surface area contributed by atoms with Gasteiger partial charge in [0.25, 0.3) is 0 Å². The fourth-order valence-corrected chi connectivity index (χ4v) is 4.88. The molecule has 2 aliphatic heterocycles. The quantitative estimate of drug-likeness (QED) is 0.821. The number of likely N-dealkylation sites (tertiary alicyclic amines) is 2. The summed E-state index contributed by atoms with van der Waals surface area (Å²) in [5.41, 5.74) is 2.73. The topological polar surface area (TPSA) is 23.6 Å². The molecule has 1 amide bonds. The van der Waals surface area contributed by atoms with E-state index in [1.165, 1.54) is 24.0 Å². The number of amides is 1. The van der Waals surface area contributed by atoms with E-state index in [1.807, 2.05) is 0 Å². The maximum absolute atomic E-state index is 12.3. The summed E-state index contributed by atoms with van der Waals surface area (Å²) in [6.07, 6.45) is 4.56. The number of carbonyl (C=O) groups is 1. The standard InChI is InChI=1S/C23H28N2O/c1-18(26)24-15-9-8-14-21-23(24)16-22(20-12-6-3-7-13-20)25(21)17-19-10-4-2-5-11-19/h2-7,10-13,21-23H,8-9,14-17H2,1H3/t21-,22-,23+/m0/s1. The molecule has 3 atom stereocenters. The van der Waals surface area contributed by atoms with Crippen LogP contribution in [0.4, 0.5) is 0 Å². The van der Waals surface area contributed by atoms with Crippen molar-refractivity contribution in [1.82, 2.24) is 9.80 Å². The average Bonchev–Trinajstić information content (AvgIpc) is 2.87. The third kappa shape index (κ3) is 3.41. The molecule has 4 rings (SSSR count). The van der Waals surface area contributed by atoms with E-state index < -0.39 is 0 Å². The first-order valence-corrected chi connectivity index (χ1v) is 9.86. The maximum Gasteiger partial charge on any atom is 0.219 e. The van der Waals surface area contributed by atoms with Gasteiger partial charge < -0.3 is 4.90 Å². The summed E-state index contributed by atoms with van der Waals surface area (Å²) in [6, 6.07) is 22.8. The van der Waals surface area contributed by atoms with Crippen LogP contribution in [0.5, 0.6) is 0 Å². The Balaban J connectivity index is 1.69. The molecule has 2 fully saturated rings. The Labute approximate surface area is 156 Å². The minimum atomic E-state index is 0.232. The third-order valence-electron chi connectivity index (χ3n) is 6.08. The van der Waals surface area contributed by atoms with E-state index in [-0.39, 0.29) is 5.91 Å². The van der Waals surface area contributed by atoms with E-state index in [0.717, 1.165) is 25.9 Å². The maximum atomic E-state index is 12.3. The number of hydrogen-bond acceptors (Lipinski definition) is 2. The van der Waals surface area contributed by atoms with Crippen molar-refractivity contribution in [3.63, 3.8) is 0 Å². The third-order valence-corrected chi connectivity index (χ3v) is 6.08. The van der Waals surface area contributed by atoms with Gasteiger partial charge in [0.05, 0.1) is 0 Å². The molecule has 0 bridgehead atoms. The van der Waals surface area contributed by atoms with E-state index in [0.29, 0.717) is 18.1 Å². The van der Waals surface area contributed by atoms with Gasteiger partial charge in [-0.25, -0.2) is 0 Å². The Morgan fingerprint density at radius 2 is 1.65 bits per heavy atom. The number of rotatable bonds is 3. The van der Waals surface area contributed by atoms with E-state index in [4.69, 9.17) is 0 Å². The van der Waals surface area contributed by atoms with Crippen molar-refractivity contribution >= 4 is 5.91 Å². The van der Waals surface area contributed by atoms with E-state index in [9.17, 15) is 4.79 Å². The lowest BCUT2D eigenvalue weighted by molar-refractivity contribution is -0.131. The van der Waals surface area contributed by atoms with Crippen LogP contribution in [-0.2, 0) is 11.3 Å². The van der Waals surface area contributed by atoms with Gasteiger partial charge >= 0.3 is 0 Å². The Hall–Kier alpha value is -2.13. The van der Waals surface area contributed by atoms with Crippen molar-refractivity contribution < 1.29 is 4.79 Å². The molecule has 2 aromatic rings. The Morgan fingerprint density at radius 1 is 0.962 bits per heavy atom. The van der Waals surface area contributed by atoms with Crippen LogP contribution >= 0.6 is 0 Å². The minimum absolute atomic E-state index is 0.232. The number of benzene rings is 2. The summed E-state index contributed by atoms with van der Waals surface area (Å²) in [5, 5.41) is 0. The van der Waals surface area contributed by atoms with Gasteiger partial charge in [-0.15, -0.1) is 0 Å². The molecule has 0 unspecified atom stereocenters. The number of nitrogens with zero attached hydrogens (tertiary/aromatic N) is 2. The number of carbonyl (C=O) groups excluding carboxylic acids is 1. The van der Waals surface area contributed by atoms with Gasteiger partial charge in [-0.2, -0.15) is 0 Å². The Kier molecular flexibility index (Phi) is 5.07. The van der Waals surface area contributed by atoms with Crippen LogP contribution in [0.3, 0.4) is 0 Å². The summed E-state index contributed by atoms with van der Waals surface area (Å²) >= 11 is 0. The summed E-state index contributed by atoms with van der Waals surface area (Å²) in [6.45, 7) is 3.60. The summed E-state index contributed by atoms with van der Waals surface area (Å²) in [5.74, 6) is 0.232.